The van der Waals surface area contributed by atoms with Gasteiger partial charge in [0.15, 0.2) is 0 Å². The predicted octanol–water partition coefficient (Wildman–Crippen LogP) is 5.03. The van der Waals surface area contributed by atoms with E-state index in [9.17, 15) is 0 Å². The van der Waals surface area contributed by atoms with E-state index in [-0.39, 0.29) is 0 Å². The van der Waals surface area contributed by atoms with Gasteiger partial charge in [-0.2, -0.15) is 0 Å². The highest BCUT2D eigenvalue weighted by Gasteiger charge is 2.62. The second-order valence-corrected chi connectivity index (χ2v) is 7.04. The monoisotopic (exact) mass is 220 g/mol. The summed E-state index contributed by atoms with van der Waals surface area (Å²) in [6.07, 6.45) is 12.3. The molecule has 0 radical (unpaired) electrons. The van der Waals surface area contributed by atoms with Crippen LogP contribution in [0.15, 0.2) is 0 Å². The molecule has 0 aliphatic heterocycles. The molecule has 0 heterocycles. The summed E-state index contributed by atoms with van der Waals surface area (Å²) in [5, 5.41) is 0. The lowest BCUT2D eigenvalue weighted by atomic mass is 9.37. The van der Waals surface area contributed by atoms with Crippen molar-refractivity contribution in [2.24, 2.45) is 28.6 Å². The fourth-order valence-electron chi connectivity index (χ4n) is 6.60. The Hall–Kier alpha value is 0. The van der Waals surface area contributed by atoms with Crippen LogP contribution in [0.3, 0.4) is 0 Å². The van der Waals surface area contributed by atoms with Crippen molar-refractivity contribution in [1.29, 1.82) is 0 Å². The highest BCUT2D eigenvalue weighted by molar-refractivity contribution is 5.12. The molecule has 0 N–H and O–H groups in total. The molecular formula is C16H28. The van der Waals surface area contributed by atoms with Crippen LogP contribution >= 0.6 is 0 Å². The maximum atomic E-state index is 2.48. The minimum absolute atomic E-state index is 0.731. The van der Waals surface area contributed by atoms with Gasteiger partial charge >= 0.3 is 0 Å². The minimum Gasteiger partial charge on any atom is -0.0648 e. The molecule has 0 nitrogen and oxygen atoms in total. The van der Waals surface area contributed by atoms with Crippen LogP contribution in [0.2, 0.25) is 0 Å². The summed E-state index contributed by atoms with van der Waals surface area (Å²) in [5.74, 6) is 3.32. The van der Waals surface area contributed by atoms with Gasteiger partial charge in [0, 0.05) is 0 Å². The van der Waals surface area contributed by atoms with Gasteiger partial charge in [0.25, 0.3) is 0 Å². The molecule has 0 amide bonds. The maximum Gasteiger partial charge on any atom is -0.0218 e. The molecule has 0 aromatic heterocycles. The third-order valence-corrected chi connectivity index (χ3v) is 7.04. The Kier molecular flexibility index (Phi) is 2.43. The van der Waals surface area contributed by atoms with Gasteiger partial charge in [-0.25, -0.2) is 0 Å². The Morgan fingerprint density at radius 1 is 0.812 bits per heavy atom. The lowest BCUT2D eigenvalue weighted by Gasteiger charge is -2.68. The summed E-state index contributed by atoms with van der Waals surface area (Å²) in [4.78, 5) is 0. The van der Waals surface area contributed by atoms with Crippen LogP contribution in [0.1, 0.15) is 72.1 Å². The number of hydrogen-bond donors (Lipinski definition) is 0. The predicted molar refractivity (Wildman–Crippen MR) is 69.3 cm³/mol. The molecule has 2 unspecified atom stereocenters. The summed E-state index contributed by atoms with van der Waals surface area (Å²) >= 11 is 0. The Balaban J connectivity index is 2.04. The van der Waals surface area contributed by atoms with Crippen LogP contribution in [0.5, 0.6) is 0 Å². The van der Waals surface area contributed by atoms with Crippen LogP contribution in [0.25, 0.3) is 0 Å². The van der Waals surface area contributed by atoms with Gasteiger partial charge in [-0.3, -0.25) is 0 Å². The zero-order valence-corrected chi connectivity index (χ0v) is 11.4. The topological polar surface area (TPSA) is 0 Å². The van der Waals surface area contributed by atoms with E-state index >= 15 is 0 Å². The molecule has 4 fully saturated rings. The van der Waals surface area contributed by atoms with Crippen molar-refractivity contribution in [3.8, 4) is 0 Å². The van der Waals surface area contributed by atoms with Gasteiger partial charge in [0.05, 0.1) is 0 Å². The quantitative estimate of drug-likeness (QED) is 0.626. The molecule has 0 aromatic carbocycles. The molecule has 4 bridgehead atoms. The van der Waals surface area contributed by atoms with E-state index in [0.29, 0.717) is 0 Å². The first kappa shape index (κ1) is 11.1. The van der Waals surface area contributed by atoms with Gasteiger partial charge in [0.1, 0.15) is 0 Å². The van der Waals surface area contributed by atoms with Crippen molar-refractivity contribution in [2.45, 2.75) is 72.1 Å². The molecule has 4 rings (SSSR count). The van der Waals surface area contributed by atoms with E-state index in [2.05, 4.69) is 20.8 Å². The SMILES string of the molecule is CCC12CC3CC(CC(C3)C1(CC)CC)C2. The smallest absolute Gasteiger partial charge is 0.0218 e. The van der Waals surface area contributed by atoms with Crippen LogP contribution in [0, 0.1) is 28.6 Å². The Morgan fingerprint density at radius 3 is 1.81 bits per heavy atom. The maximum absolute atomic E-state index is 2.48. The van der Waals surface area contributed by atoms with E-state index < -0.39 is 0 Å². The van der Waals surface area contributed by atoms with Gasteiger partial charge in [-0.15, -0.1) is 0 Å². The van der Waals surface area contributed by atoms with Crippen LogP contribution in [-0.2, 0) is 0 Å². The molecule has 0 aromatic rings. The van der Waals surface area contributed by atoms with Crippen LogP contribution < -0.4 is 0 Å². The first-order valence-corrected chi connectivity index (χ1v) is 7.69. The fourth-order valence-corrected chi connectivity index (χ4v) is 6.60. The zero-order valence-electron chi connectivity index (χ0n) is 11.4. The van der Waals surface area contributed by atoms with E-state index in [1.807, 2.05) is 0 Å². The Bertz CT molecular complexity index is 260. The van der Waals surface area contributed by atoms with Crippen LogP contribution in [0.4, 0.5) is 0 Å². The number of hydrogen-bond acceptors (Lipinski definition) is 0. The lowest BCUT2D eigenvalue weighted by molar-refractivity contribution is -0.183. The second-order valence-electron chi connectivity index (χ2n) is 7.04. The Labute approximate surface area is 101 Å². The summed E-state index contributed by atoms with van der Waals surface area (Å²) in [7, 11) is 0. The molecular weight excluding hydrogens is 192 g/mol. The van der Waals surface area contributed by atoms with Crippen molar-refractivity contribution in [2.75, 3.05) is 0 Å². The highest BCUT2D eigenvalue weighted by Crippen LogP contribution is 2.71. The second kappa shape index (κ2) is 3.50. The molecule has 4 saturated carbocycles. The van der Waals surface area contributed by atoms with E-state index in [1.54, 1.807) is 32.1 Å². The molecule has 0 saturated heterocycles. The highest BCUT2D eigenvalue weighted by atomic mass is 14.7. The molecule has 0 spiro atoms. The average molecular weight is 220 g/mol. The van der Waals surface area contributed by atoms with Crippen molar-refractivity contribution in [3.63, 3.8) is 0 Å². The fraction of sp³-hybridized carbons (Fsp3) is 1.00. The first-order chi connectivity index (χ1) is 7.69. The summed E-state index contributed by atoms with van der Waals surface area (Å²) in [6, 6.07) is 0. The summed E-state index contributed by atoms with van der Waals surface area (Å²) < 4.78 is 0. The van der Waals surface area contributed by atoms with Gasteiger partial charge in [0.2, 0.25) is 0 Å². The van der Waals surface area contributed by atoms with Gasteiger partial charge in [-0.1, -0.05) is 20.8 Å². The minimum atomic E-state index is 0.731. The largest absolute Gasteiger partial charge is 0.0648 e. The molecule has 2 atom stereocenters. The third kappa shape index (κ3) is 1.12. The summed E-state index contributed by atoms with van der Waals surface area (Å²) in [5.41, 5.74) is 1.49. The normalized spacial score (nSPS) is 48.6. The van der Waals surface area contributed by atoms with Gasteiger partial charge < -0.3 is 0 Å². The molecule has 0 heteroatoms. The molecule has 16 heavy (non-hydrogen) atoms. The van der Waals surface area contributed by atoms with E-state index in [0.717, 1.165) is 28.6 Å². The third-order valence-electron chi connectivity index (χ3n) is 7.04. The van der Waals surface area contributed by atoms with Gasteiger partial charge in [-0.05, 0) is 80.0 Å². The first-order valence-electron chi connectivity index (χ1n) is 7.69. The Morgan fingerprint density at radius 2 is 1.38 bits per heavy atom. The summed E-state index contributed by atoms with van der Waals surface area (Å²) in [6.45, 7) is 7.43. The van der Waals surface area contributed by atoms with Crippen molar-refractivity contribution in [3.05, 3.63) is 0 Å². The average Bonchev–Trinajstić information content (AvgIpc) is 2.29. The molecule has 4 aliphatic carbocycles. The van der Waals surface area contributed by atoms with Crippen molar-refractivity contribution < 1.29 is 0 Å². The van der Waals surface area contributed by atoms with E-state index in [1.165, 1.54) is 19.3 Å². The van der Waals surface area contributed by atoms with E-state index in [4.69, 9.17) is 0 Å². The molecule has 4 aliphatic rings. The van der Waals surface area contributed by atoms with Crippen LogP contribution in [-0.4, -0.2) is 0 Å². The zero-order chi connectivity index (χ0) is 11.4. The molecule has 92 valence electrons. The lowest BCUT2D eigenvalue weighted by Crippen LogP contribution is -2.59. The van der Waals surface area contributed by atoms with Crippen molar-refractivity contribution >= 4 is 0 Å². The standard InChI is InChI=1S/C16H28/c1-4-15-10-12-7-13(11-15)9-14(8-12)16(15,5-2)6-3/h12-14H,4-11H2,1-3H3. The number of rotatable bonds is 3. The van der Waals surface area contributed by atoms with Crippen molar-refractivity contribution in [1.82, 2.24) is 0 Å².